The van der Waals surface area contributed by atoms with Gasteiger partial charge in [0.1, 0.15) is 5.82 Å². The zero-order valence-corrected chi connectivity index (χ0v) is 19.3. The molecule has 0 aromatic heterocycles. The summed E-state index contributed by atoms with van der Waals surface area (Å²) in [5.74, 6) is -1.48. The minimum Gasteiger partial charge on any atom is -0.379 e. The molecule has 176 valence electrons. The van der Waals surface area contributed by atoms with Crippen molar-refractivity contribution in [3.8, 4) is 0 Å². The number of hydrogen-bond donors (Lipinski definition) is 0. The number of piperidine rings is 1. The van der Waals surface area contributed by atoms with Crippen LogP contribution in [0, 0.1) is 18.7 Å². The zero-order valence-electron chi connectivity index (χ0n) is 18.5. The molecule has 4 rings (SSSR count). The molecule has 2 saturated heterocycles. The summed E-state index contributed by atoms with van der Waals surface area (Å²) in [5.41, 5.74) is 1.46. The summed E-state index contributed by atoms with van der Waals surface area (Å²) in [4.78, 5) is 27.2. The molecule has 33 heavy (non-hydrogen) atoms. The van der Waals surface area contributed by atoms with Crippen LogP contribution >= 0.6 is 0 Å². The van der Waals surface area contributed by atoms with E-state index < -0.39 is 21.7 Å². The second-order valence-electron chi connectivity index (χ2n) is 8.45. The number of Topliss-reactive ketones (excluding diaryl/α,β-unsaturated/α-hetero) is 1. The Kier molecular flexibility index (Phi) is 6.92. The SMILES string of the molecule is Cc1ccc(C(=O)C2CCN(C(=O)c3cc(S(=O)(=O)N4CCOCC4)ccc3F)CC2)cc1. The lowest BCUT2D eigenvalue weighted by atomic mass is 9.88. The van der Waals surface area contributed by atoms with Crippen LogP contribution in [0.15, 0.2) is 47.4 Å². The van der Waals surface area contributed by atoms with Gasteiger partial charge in [-0.3, -0.25) is 9.59 Å². The first-order chi connectivity index (χ1) is 15.8. The number of aryl methyl sites for hydroxylation is 1. The lowest BCUT2D eigenvalue weighted by molar-refractivity contribution is 0.0646. The van der Waals surface area contributed by atoms with Crippen LogP contribution in [0.5, 0.6) is 0 Å². The Morgan fingerprint density at radius 2 is 1.61 bits per heavy atom. The van der Waals surface area contributed by atoms with E-state index in [1.54, 1.807) is 0 Å². The van der Waals surface area contributed by atoms with Crippen molar-refractivity contribution in [2.45, 2.75) is 24.7 Å². The van der Waals surface area contributed by atoms with Crippen LogP contribution in [0.25, 0.3) is 0 Å². The number of likely N-dealkylation sites (tertiary alicyclic amines) is 1. The van der Waals surface area contributed by atoms with Gasteiger partial charge in [-0.1, -0.05) is 29.8 Å². The third-order valence-corrected chi connectivity index (χ3v) is 8.16. The van der Waals surface area contributed by atoms with Gasteiger partial charge < -0.3 is 9.64 Å². The molecule has 2 aliphatic heterocycles. The van der Waals surface area contributed by atoms with E-state index in [9.17, 15) is 22.4 Å². The molecule has 0 N–H and O–H groups in total. The Balaban J connectivity index is 1.46. The van der Waals surface area contributed by atoms with Crippen molar-refractivity contribution in [2.24, 2.45) is 5.92 Å². The van der Waals surface area contributed by atoms with E-state index in [1.165, 1.54) is 15.3 Å². The van der Waals surface area contributed by atoms with E-state index in [0.29, 0.717) is 44.7 Å². The monoisotopic (exact) mass is 474 g/mol. The predicted octanol–water partition coefficient (Wildman–Crippen LogP) is 2.89. The van der Waals surface area contributed by atoms with E-state index in [4.69, 9.17) is 4.74 Å². The summed E-state index contributed by atoms with van der Waals surface area (Å²) < 4.78 is 46.8. The van der Waals surface area contributed by atoms with Crippen LogP contribution in [-0.2, 0) is 14.8 Å². The largest absolute Gasteiger partial charge is 0.379 e. The number of ketones is 1. The molecular weight excluding hydrogens is 447 g/mol. The molecule has 9 heteroatoms. The van der Waals surface area contributed by atoms with Crippen LogP contribution in [-0.4, -0.2) is 68.7 Å². The number of nitrogens with zero attached hydrogens (tertiary/aromatic N) is 2. The molecule has 2 aromatic rings. The average molecular weight is 475 g/mol. The molecule has 0 spiro atoms. The Labute approximate surface area is 193 Å². The first-order valence-electron chi connectivity index (χ1n) is 11.0. The predicted molar refractivity (Wildman–Crippen MR) is 120 cm³/mol. The van der Waals surface area contributed by atoms with Gasteiger partial charge in [-0.05, 0) is 38.0 Å². The number of carbonyl (C=O) groups is 2. The van der Waals surface area contributed by atoms with Crippen molar-refractivity contribution < 1.29 is 27.1 Å². The van der Waals surface area contributed by atoms with E-state index in [1.807, 2.05) is 31.2 Å². The fraction of sp³-hybridized carbons (Fsp3) is 0.417. The maximum atomic E-state index is 14.5. The van der Waals surface area contributed by atoms with E-state index >= 15 is 0 Å². The summed E-state index contributed by atoms with van der Waals surface area (Å²) in [6.07, 6.45) is 0.956. The number of morpholine rings is 1. The molecule has 2 fully saturated rings. The molecule has 0 atom stereocenters. The molecule has 2 aromatic carbocycles. The van der Waals surface area contributed by atoms with Gasteiger partial charge >= 0.3 is 0 Å². The standard InChI is InChI=1S/C24H27FN2O5S/c1-17-2-4-18(5-3-17)23(28)19-8-10-26(11-9-19)24(29)21-16-20(6-7-22(21)25)33(30,31)27-12-14-32-15-13-27/h2-7,16,19H,8-15H2,1H3. The lowest BCUT2D eigenvalue weighted by Crippen LogP contribution is -2.41. The van der Waals surface area contributed by atoms with Gasteiger partial charge in [-0.15, -0.1) is 0 Å². The first-order valence-corrected chi connectivity index (χ1v) is 12.5. The van der Waals surface area contributed by atoms with Gasteiger partial charge in [0.15, 0.2) is 5.78 Å². The van der Waals surface area contributed by atoms with Gasteiger partial charge in [0.05, 0.1) is 23.7 Å². The summed E-state index contributed by atoms with van der Waals surface area (Å²) in [6.45, 7) is 3.59. The third kappa shape index (κ3) is 5.00. The molecule has 0 radical (unpaired) electrons. The average Bonchev–Trinajstić information content (AvgIpc) is 2.84. The van der Waals surface area contributed by atoms with Gasteiger partial charge in [-0.2, -0.15) is 4.31 Å². The van der Waals surface area contributed by atoms with Crippen LogP contribution in [0.4, 0.5) is 4.39 Å². The Morgan fingerprint density at radius 3 is 2.24 bits per heavy atom. The van der Waals surface area contributed by atoms with Gasteiger partial charge in [0, 0.05) is 37.7 Å². The molecule has 0 unspecified atom stereocenters. The molecule has 0 bridgehead atoms. The first kappa shape index (κ1) is 23.5. The Morgan fingerprint density at radius 1 is 0.970 bits per heavy atom. The van der Waals surface area contributed by atoms with Crippen molar-refractivity contribution in [1.29, 1.82) is 0 Å². The molecule has 1 amide bonds. The topological polar surface area (TPSA) is 84.0 Å². The summed E-state index contributed by atoms with van der Waals surface area (Å²) in [7, 11) is -3.85. The number of ether oxygens (including phenoxy) is 1. The van der Waals surface area contributed by atoms with Crippen molar-refractivity contribution in [1.82, 2.24) is 9.21 Å². The Bertz CT molecular complexity index is 1140. The Hall–Kier alpha value is -2.62. The molecule has 2 aliphatic rings. The zero-order chi connectivity index (χ0) is 23.6. The van der Waals surface area contributed by atoms with Crippen molar-refractivity contribution in [2.75, 3.05) is 39.4 Å². The van der Waals surface area contributed by atoms with Crippen LogP contribution in [0.2, 0.25) is 0 Å². The highest BCUT2D eigenvalue weighted by molar-refractivity contribution is 7.89. The van der Waals surface area contributed by atoms with Crippen LogP contribution in [0.3, 0.4) is 0 Å². The van der Waals surface area contributed by atoms with E-state index in [0.717, 1.165) is 17.7 Å². The van der Waals surface area contributed by atoms with Crippen LogP contribution < -0.4 is 0 Å². The maximum absolute atomic E-state index is 14.5. The maximum Gasteiger partial charge on any atom is 0.256 e. The second kappa shape index (κ2) is 9.70. The van der Waals surface area contributed by atoms with Gasteiger partial charge in [-0.25, -0.2) is 12.8 Å². The highest BCUT2D eigenvalue weighted by atomic mass is 32.2. The highest BCUT2D eigenvalue weighted by Gasteiger charge is 2.31. The van der Waals surface area contributed by atoms with Crippen molar-refractivity contribution >= 4 is 21.7 Å². The molecular formula is C24H27FN2O5S. The quantitative estimate of drug-likeness (QED) is 0.623. The smallest absolute Gasteiger partial charge is 0.256 e. The molecule has 0 saturated carbocycles. The summed E-state index contributed by atoms with van der Waals surface area (Å²) >= 11 is 0. The minimum atomic E-state index is -3.85. The fourth-order valence-electron chi connectivity index (χ4n) is 4.23. The molecule has 0 aliphatic carbocycles. The number of sulfonamides is 1. The molecule has 7 nitrogen and oxygen atoms in total. The minimum absolute atomic E-state index is 0.0480. The number of amides is 1. The second-order valence-corrected chi connectivity index (χ2v) is 10.4. The summed E-state index contributed by atoms with van der Waals surface area (Å²) in [6, 6.07) is 10.7. The van der Waals surface area contributed by atoms with Crippen molar-refractivity contribution in [3.05, 3.63) is 65.0 Å². The molecule has 2 heterocycles. The third-order valence-electron chi connectivity index (χ3n) is 6.27. The van der Waals surface area contributed by atoms with E-state index in [2.05, 4.69) is 0 Å². The van der Waals surface area contributed by atoms with Crippen LogP contribution in [0.1, 0.15) is 39.1 Å². The number of halogens is 1. The number of hydrogen-bond acceptors (Lipinski definition) is 5. The number of benzene rings is 2. The number of carbonyl (C=O) groups excluding carboxylic acids is 2. The van der Waals surface area contributed by atoms with Crippen molar-refractivity contribution in [3.63, 3.8) is 0 Å². The fourth-order valence-corrected chi connectivity index (χ4v) is 5.67. The summed E-state index contributed by atoms with van der Waals surface area (Å²) in [5, 5.41) is 0. The normalized spacial score (nSPS) is 18.3. The van der Waals surface area contributed by atoms with E-state index in [-0.39, 0.29) is 35.2 Å². The number of rotatable bonds is 5. The van der Waals surface area contributed by atoms with Gasteiger partial charge in [0.25, 0.3) is 5.91 Å². The van der Waals surface area contributed by atoms with Gasteiger partial charge in [0.2, 0.25) is 10.0 Å². The lowest BCUT2D eigenvalue weighted by Gasteiger charge is -2.31. The highest BCUT2D eigenvalue weighted by Crippen LogP contribution is 2.26.